The minimum absolute atomic E-state index is 0.0740. The molecule has 0 fully saturated rings. The predicted molar refractivity (Wildman–Crippen MR) is 67.0 cm³/mol. The van der Waals surface area contributed by atoms with Gasteiger partial charge >= 0.3 is 11.6 Å². The number of hydrogen-bond acceptors (Lipinski definition) is 8. The summed E-state index contributed by atoms with van der Waals surface area (Å²) in [6.45, 7) is 0. The lowest BCUT2D eigenvalue weighted by atomic mass is 10.3. The molecule has 0 atom stereocenters. The monoisotopic (exact) mass is 327 g/mol. The third-order valence-corrected chi connectivity index (χ3v) is 2.91. The molecule has 0 amide bonds. The van der Waals surface area contributed by atoms with E-state index in [0.29, 0.717) is 0 Å². The maximum absolute atomic E-state index is 13.2. The van der Waals surface area contributed by atoms with Crippen LogP contribution < -0.4 is 5.76 Å². The molecule has 22 heavy (non-hydrogen) atoms. The van der Waals surface area contributed by atoms with Crippen molar-refractivity contribution in [1.29, 1.82) is 0 Å². The largest absolute Gasteiger partial charge is 0.446 e. The molecule has 0 aliphatic carbocycles. The van der Waals surface area contributed by atoms with E-state index in [9.17, 15) is 19.3 Å². The molecule has 1 aromatic carbocycles. The van der Waals surface area contributed by atoms with E-state index < -0.39 is 28.0 Å². The summed E-state index contributed by atoms with van der Waals surface area (Å²) in [6.07, 6.45) is 0. The predicted octanol–water partition coefficient (Wildman–Crippen LogP) is 1.58. The van der Waals surface area contributed by atoms with Crippen LogP contribution in [-0.4, -0.2) is 25.0 Å². The van der Waals surface area contributed by atoms with E-state index in [1.54, 1.807) is 0 Å². The zero-order valence-electron chi connectivity index (χ0n) is 10.3. The van der Waals surface area contributed by atoms with Gasteiger partial charge in [-0.1, -0.05) is 16.8 Å². The van der Waals surface area contributed by atoms with E-state index in [1.165, 1.54) is 6.07 Å². The normalized spacial score (nSPS) is 10.8. The first-order valence-electron chi connectivity index (χ1n) is 5.50. The molecule has 0 aliphatic heterocycles. The number of hydrogen-bond donors (Lipinski definition) is 0. The van der Waals surface area contributed by atoms with Gasteiger partial charge < -0.3 is 10.1 Å². The highest BCUT2D eigenvalue weighted by Crippen LogP contribution is 2.26. The van der Waals surface area contributed by atoms with Crippen LogP contribution in [0.25, 0.3) is 17.2 Å². The SMILES string of the molecule is O=c1onc(-c2nonc2[N+](=O)[O-])n1-c1ccc(F)c(Cl)c1. The number of aromatic nitrogens is 4. The van der Waals surface area contributed by atoms with Crippen molar-refractivity contribution < 1.29 is 18.5 Å². The van der Waals surface area contributed by atoms with Gasteiger partial charge in [0.15, 0.2) is 5.16 Å². The molecule has 0 radical (unpaired) electrons. The lowest BCUT2D eigenvalue weighted by Gasteiger charge is -2.03. The molecule has 2 heterocycles. The fourth-order valence-corrected chi connectivity index (χ4v) is 1.87. The molecule has 0 saturated carbocycles. The lowest BCUT2D eigenvalue weighted by Crippen LogP contribution is -2.13. The summed E-state index contributed by atoms with van der Waals surface area (Å²) in [5.74, 6) is -2.77. The van der Waals surface area contributed by atoms with Gasteiger partial charge in [-0.15, -0.1) is 4.63 Å². The fraction of sp³-hybridized carbons (Fsp3) is 0. The van der Waals surface area contributed by atoms with Gasteiger partial charge in [-0.25, -0.2) is 13.8 Å². The van der Waals surface area contributed by atoms with Crippen LogP contribution >= 0.6 is 11.6 Å². The van der Waals surface area contributed by atoms with Crippen LogP contribution in [0.5, 0.6) is 0 Å². The van der Waals surface area contributed by atoms with Crippen molar-refractivity contribution in [3.8, 4) is 17.2 Å². The first-order valence-corrected chi connectivity index (χ1v) is 5.88. The van der Waals surface area contributed by atoms with Crippen LogP contribution in [0.15, 0.2) is 32.1 Å². The van der Waals surface area contributed by atoms with Crippen LogP contribution in [0.3, 0.4) is 0 Å². The molecule has 2 aromatic heterocycles. The molecule has 0 spiro atoms. The zero-order chi connectivity index (χ0) is 15.9. The molecule has 0 bridgehead atoms. The maximum atomic E-state index is 13.2. The molecule has 0 unspecified atom stereocenters. The second kappa shape index (κ2) is 5.04. The summed E-state index contributed by atoms with van der Waals surface area (Å²) in [7, 11) is 0. The van der Waals surface area contributed by atoms with Crippen LogP contribution in [0.1, 0.15) is 0 Å². The van der Waals surface area contributed by atoms with E-state index >= 15 is 0 Å². The third-order valence-electron chi connectivity index (χ3n) is 2.62. The highest BCUT2D eigenvalue weighted by atomic mass is 35.5. The molecule has 0 saturated heterocycles. The van der Waals surface area contributed by atoms with Gasteiger partial charge in [-0.2, -0.15) is 0 Å². The molecular weight excluding hydrogens is 325 g/mol. The van der Waals surface area contributed by atoms with E-state index in [4.69, 9.17) is 11.6 Å². The minimum Gasteiger partial charge on any atom is -0.358 e. The Morgan fingerprint density at radius 2 is 2.09 bits per heavy atom. The molecule has 112 valence electrons. The Hall–Kier alpha value is -3.08. The number of halogens is 2. The summed E-state index contributed by atoms with van der Waals surface area (Å²) in [5, 5.41) is 20.4. The quantitative estimate of drug-likeness (QED) is 0.523. The summed E-state index contributed by atoms with van der Waals surface area (Å²) in [5.41, 5.74) is -0.346. The Morgan fingerprint density at radius 3 is 2.77 bits per heavy atom. The minimum atomic E-state index is -0.977. The third kappa shape index (κ3) is 2.13. The van der Waals surface area contributed by atoms with E-state index in [0.717, 1.165) is 16.7 Å². The lowest BCUT2D eigenvalue weighted by molar-refractivity contribution is -0.390. The Kier molecular flexibility index (Phi) is 3.18. The van der Waals surface area contributed by atoms with Crippen molar-refractivity contribution in [3.05, 3.63) is 49.7 Å². The van der Waals surface area contributed by atoms with Gasteiger partial charge in [0.05, 0.1) is 10.7 Å². The summed E-state index contributed by atoms with van der Waals surface area (Å²) in [6, 6.07) is 3.34. The van der Waals surface area contributed by atoms with Gasteiger partial charge in [0.25, 0.3) is 5.69 Å². The second-order valence-corrected chi connectivity index (χ2v) is 4.31. The first kappa shape index (κ1) is 13.9. The Balaban J connectivity index is 2.24. The van der Waals surface area contributed by atoms with Gasteiger partial charge in [-0.3, -0.25) is 4.52 Å². The van der Waals surface area contributed by atoms with Crippen molar-refractivity contribution in [3.63, 3.8) is 0 Å². The van der Waals surface area contributed by atoms with Crippen molar-refractivity contribution in [2.75, 3.05) is 0 Å². The standard InChI is InChI=1S/C10H3ClFN5O5/c11-5-3-4(1-2-6(5)12)16-8(14-21-10(16)18)7-9(17(19)20)15-22-13-7/h1-3H. The molecule has 0 aliphatic rings. The number of rotatable bonds is 3. The van der Waals surface area contributed by atoms with Crippen LogP contribution in [0.2, 0.25) is 5.02 Å². The zero-order valence-corrected chi connectivity index (χ0v) is 11.0. The van der Waals surface area contributed by atoms with Gasteiger partial charge in [0, 0.05) is 0 Å². The second-order valence-electron chi connectivity index (χ2n) is 3.90. The average molecular weight is 328 g/mol. The molecular formula is C10H3ClFN5O5. The summed E-state index contributed by atoms with van der Waals surface area (Å²) >= 11 is 5.65. The number of benzene rings is 1. The molecule has 12 heteroatoms. The summed E-state index contributed by atoms with van der Waals surface area (Å²) in [4.78, 5) is 21.7. The topological polar surface area (TPSA) is 130 Å². The average Bonchev–Trinajstić information content (AvgIpc) is 3.08. The van der Waals surface area contributed by atoms with Crippen LogP contribution in [-0.2, 0) is 0 Å². The Labute approximate surface area is 123 Å². The van der Waals surface area contributed by atoms with Crippen molar-refractivity contribution in [2.24, 2.45) is 0 Å². The molecule has 3 aromatic rings. The highest BCUT2D eigenvalue weighted by Gasteiger charge is 2.30. The van der Waals surface area contributed by atoms with Gasteiger partial charge in [0.2, 0.25) is 5.82 Å². The Bertz CT molecular complexity index is 932. The van der Waals surface area contributed by atoms with Crippen molar-refractivity contribution >= 4 is 17.4 Å². The Morgan fingerprint density at radius 1 is 1.32 bits per heavy atom. The number of nitro groups is 1. The first-order chi connectivity index (χ1) is 10.5. The summed E-state index contributed by atoms with van der Waals surface area (Å²) < 4.78 is 22.8. The highest BCUT2D eigenvalue weighted by molar-refractivity contribution is 6.30. The smallest absolute Gasteiger partial charge is 0.358 e. The van der Waals surface area contributed by atoms with Gasteiger partial charge in [0.1, 0.15) is 5.82 Å². The van der Waals surface area contributed by atoms with Crippen molar-refractivity contribution in [2.45, 2.75) is 0 Å². The molecule has 10 nitrogen and oxygen atoms in total. The van der Waals surface area contributed by atoms with E-state index in [1.807, 2.05) is 0 Å². The molecule has 3 rings (SSSR count). The maximum Gasteiger partial charge on any atom is 0.446 e. The van der Waals surface area contributed by atoms with Gasteiger partial charge in [-0.05, 0) is 28.3 Å². The van der Waals surface area contributed by atoms with Crippen LogP contribution in [0, 0.1) is 15.9 Å². The van der Waals surface area contributed by atoms with Crippen molar-refractivity contribution in [1.82, 2.24) is 20.0 Å². The van der Waals surface area contributed by atoms with Crippen LogP contribution in [0.4, 0.5) is 10.2 Å². The number of nitrogens with zero attached hydrogens (tertiary/aromatic N) is 5. The molecule has 0 N–H and O–H groups in total. The van der Waals surface area contributed by atoms with E-state index in [2.05, 4.69) is 24.6 Å². The fourth-order valence-electron chi connectivity index (χ4n) is 1.70. The van der Waals surface area contributed by atoms with E-state index in [-0.39, 0.29) is 16.5 Å².